The largest absolute Gasteiger partial charge is 0.366 e. The van der Waals surface area contributed by atoms with Gasteiger partial charge in [0.15, 0.2) is 0 Å². The molecule has 2 aromatic heterocycles. The van der Waals surface area contributed by atoms with Crippen LogP contribution < -0.4 is 5.73 Å². The van der Waals surface area contributed by atoms with E-state index in [1.54, 1.807) is 12.1 Å². The number of carbonyl (C=O) groups is 1. The molecule has 16 heavy (non-hydrogen) atoms. The second kappa shape index (κ2) is 3.06. The van der Waals surface area contributed by atoms with Crippen LogP contribution in [0.25, 0.3) is 16.7 Å². The van der Waals surface area contributed by atoms with Crippen LogP contribution in [0.1, 0.15) is 10.4 Å². The average Bonchev–Trinajstić information content (AvgIpc) is 2.66. The Kier molecular flexibility index (Phi) is 1.71. The van der Waals surface area contributed by atoms with E-state index in [9.17, 15) is 4.79 Å². The Morgan fingerprint density at radius 2 is 2.12 bits per heavy atom. The van der Waals surface area contributed by atoms with Crippen LogP contribution in [0.2, 0.25) is 0 Å². The van der Waals surface area contributed by atoms with Gasteiger partial charge in [0.2, 0.25) is 5.91 Å². The van der Waals surface area contributed by atoms with Crippen LogP contribution in [0.4, 0.5) is 0 Å². The van der Waals surface area contributed by atoms with Gasteiger partial charge in [0.05, 0.1) is 11.0 Å². The first-order valence-electron chi connectivity index (χ1n) is 4.92. The molecule has 0 aliphatic rings. The first kappa shape index (κ1) is 8.91. The Balaban J connectivity index is 2.41. The van der Waals surface area contributed by atoms with E-state index in [0.29, 0.717) is 5.56 Å². The Hall–Kier alpha value is -2.36. The van der Waals surface area contributed by atoms with Crippen LogP contribution in [-0.2, 0) is 0 Å². The van der Waals surface area contributed by atoms with Crippen molar-refractivity contribution in [2.45, 2.75) is 0 Å². The van der Waals surface area contributed by atoms with E-state index in [4.69, 9.17) is 5.73 Å². The fourth-order valence-electron chi connectivity index (χ4n) is 1.82. The maximum absolute atomic E-state index is 11.0. The molecule has 3 rings (SSSR count). The number of amides is 1. The average molecular weight is 211 g/mol. The van der Waals surface area contributed by atoms with Crippen molar-refractivity contribution in [1.82, 2.24) is 9.38 Å². The SMILES string of the molecule is NC(=O)c1ccc2c(c1)nc1ccccn12. The summed E-state index contributed by atoms with van der Waals surface area (Å²) in [5.74, 6) is -0.432. The number of primary amides is 1. The zero-order valence-electron chi connectivity index (χ0n) is 8.42. The lowest BCUT2D eigenvalue weighted by Gasteiger charge is -1.95. The minimum atomic E-state index is -0.432. The van der Waals surface area contributed by atoms with E-state index in [2.05, 4.69) is 4.98 Å². The van der Waals surface area contributed by atoms with Crippen LogP contribution in [-0.4, -0.2) is 15.3 Å². The molecular weight excluding hydrogens is 202 g/mol. The lowest BCUT2D eigenvalue weighted by molar-refractivity contribution is 0.100. The van der Waals surface area contributed by atoms with Crippen molar-refractivity contribution in [3.63, 3.8) is 0 Å². The predicted octanol–water partition coefficient (Wildman–Crippen LogP) is 1.59. The van der Waals surface area contributed by atoms with Crippen LogP contribution in [0.5, 0.6) is 0 Å². The van der Waals surface area contributed by atoms with Gasteiger partial charge in [-0.3, -0.25) is 9.20 Å². The molecule has 0 bridgehead atoms. The van der Waals surface area contributed by atoms with E-state index in [1.165, 1.54) is 0 Å². The Morgan fingerprint density at radius 3 is 2.94 bits per heavy atom. The van der Waals surface area contributed by atoms with Crippen LogP contribution >= 0.6 is 0 Å². The Labute approximate surface area is 91.3 Å². The molecule has 0 spiro atoms. The van der Waals surface area contributed by atoms with Gasteiger partial charge >= 0.3 is 0 Å². The number of hydrogen-bond donors (Lipinski definition) is 1. The fourth-order valence-corrected chi connectivity index (χ4v) is 1.82. The third kappa shape index (κ3) is 1.16. The molecular formula is C12H9N3O. The molecule has 1 aromatic carbocycles. The zero-order chi connectivity index (χ0) is 11.1. The highest BCUT2D eigenvalue weighted by molar-refractivity contribution is 5.96. The van der Waals surface area contributed by atoms with Crippen LogP contribution in [0.3, 0.4) is 0 Å². The first-order valence-corrected chi connectivity index (χ1v) is 4.92. The molecule has 0 aliphatic heterocycles. The highest BCUT2D eigenvalue weighted by atomic mass is 16.1. The van der Waals surface area contributed by atoms with Crippen molar-refractivity contribution >= 4 is 22.6 Å². The molecule has 0 atom stereocenters. The van der Waals surface area contributed by atoms with Gasteiger partial charge in [-0.15, -0.1) is 0 Å². The third-order valence-corrected chi connectivity index (χ3v) is 2.59. The van der Waals surface area contributed by atoms with E-state index in [1.807, 2.05) is 34.9 Å². The van der Waals surface area contributed by atoms with Crippen molar-refractivity contribution in [3.05, 3.63) is 48.2 Å². The van der Waals surface area contributed by atoms with Gasteiger partial charge in [-0.1, -0.05) is 6.07 Å². The van der Waals surface area contributed by atoms with Crippen molar-refractivity contribution in [2.24, 2.45) is 5.73 Å². The molecule has 2 N–H and O–H groups in total. The topological polar surface area (TPSA) is 60.4 Å². The zero-order valence-corrected chi connectivity index (χ0v) is 8.42. The van der Waals surface area contributed by atoms with Gasteiger partial charge in [-0.2, -0.15) is 0 Å². The summed E-state index contributed by atoms with van der Waals surface area (Å²) >= 11 is 0. The summed E-state index contributed by atoms with van der Waals surface area (Å²) in [7, 11) is 0. The number of rotatable bonds is 1. The summed E-state index contributed by atoms with van der Waals surface area (Å²) in [5.41, 5.74) is 8.32. The number of nitrogens with zero attached hydrogens (tertiary/aromatic N) is 2. The summed E-state index contributed by atoms with van der Waals surface area (Å²) in [6.07, 6.45) is 1.94. The lowest BCUT2D eigenvalue weighted by atomic mass is 10.2. The van der Waals surface area contributed by atoms with Gasteiger partial charge in [0.25, 0.3) is 0 Å². The minimum absolute atomic E-state index is 0.432. The fraction of sp³-hybridized carbons (Fsp3) is 0. The highest BCUT2D eigenvalue weighted by Gasteiger charge is 2.06. The standard InChI is InChI=1S/C12H9N3O/c13-12(16)8-4-5-10-9(7-8)14-11-3-1-2-6-15(10)11/h1-7H,(H2,13,16). The summed E-state index contributed by atoms with van der Waals surface area (Å²) in [6, 6.07) is 11.1. The molecule has 4 heteroatoms. The third-order valence-electron chi connectivity index (χ3n) is 2.59. The predicted molar refractivity (Wildman–Crippen MR) is 61.2 cm³/mol. The quantitative estimate of drug-likeness (QED) is 0.664. The van der Waals surface area contributed by atoms with Gasteiger partial charge in [0, 0.05) is 11.8 Å². The summed E-state index contributed by atoms with van der Waals surface area (Å²) in [6.45, 7) is 0. The van der Waals surface area contributed by atoms with E-state index < -0.39 is 5.91 Å². The van der Waals surface area contributed by atoms with Crippen molar-refractivity contribution < 1.29 is 4.79 Å². The highest BCUT2D eigenvalue weighted by Crippen LogP contribution is 2.17. The number of nitrogens with two attached hydrogens (primary N) is 1. The van der Waals surface area contributed by atoms with E-state index >= 15 is 0 Å². The summed E-state index contributed by atoms with van der Waals surface area (Å²) in [4.78, 5) is 15.5. The van der Waals surface area contributed by atoms with Gasteiger partial charge in [0.1, 0.15) is 5.65 Å². The van der Waals surface area contributed by atoms with E-state index in [-0.39, 0.29) is 0 Å². The normalized spacial score (nSPS) is 11.0. The minimum Gasteiger partial charge on any atom is -0.366 e. The number of benzene rings is 1. The number of carbonyl (C=O) groups excluding carboxylic acids is 1. The molecule has 0 saturated carbocycles. The van der Waals surface area contributed by atoms with Gasteiger partial charge in [-0.25, -0.2) is 4.98 Å². The molecule has 2 heterocycles. The van der Waals surface area contributed by atoms with Gasteiger partial charge < -0.3 is 5.73 Å². The van der Waals surface area contributed by atoms with Crippen LogP contribution in [0.15, 0.2) is 42.6 Å². The van der Waals surface area contributed by atoms with E-state index in [0.717, 1.165) is 16.7 Å². The number of fused-ring (bicyclic) bond motifs is 3. The molecule has 4 nitrogen and oxygen atoms in total. The number of aromatic nitrogens is 2. The van der Waals surface area contributed by atoms with Gasteiger partial charge in [-0.05, 0) is 30.3 Å². The number of pyridine rings is 1. The molecule has 0 radical (unpaired) electrons. The first-order chi connectivity index (χ1) is 7.75. The second-order valence-corrected chi connectivity index (χ2v) is 3.61. The number of hydrogen-bond acceptors (Lipinski definition) is 2. The maximum atomic E-state index is 11.0. The maximum Gasteiger partial charge on any atom is 0.248 e. The molecule has 0 fully saturated rings. The molecule has 0 unspecified atom stereocenters. The molecule has 1 amide bonds. The van der Waals surface area contributed by atoms with Crippen molar-refractivity contribution in [3.8, 4) is 0 Å². The second-order valence-electron chi connectivity index (χ2n) is 3.61. The van der Waals surface area contributed by atoms with Crippen molar-refractivity contribution in [1.29, 1.82) is 0 Å². The van der Waals surface area contributed by atoms with Crippen molar-refractivity contribution in [2.75, 3.05) is 0 Å². The Morgan fingerprint density at radius 1 is 1.25 bits per heavy atom. The summed E-state index contributed by atoms with van der Waals surface area (Å²) in [5, 5.41) is 0. The molecule has 0 saturated heterocycles. The molecule has 0 aliphatic carbocycles. The number of imidazole rings is 1. The smallest absolute Gasteiger partial charge is 0.248 e. The molecule has 3 aromatic rings. The molecule has 78 valence electrons. The lowest BCUT2D eigenvalue weighted by Crippen LogP contribution is -2.10. The summed E-state index contributed by atoms with van der Waals surface area (Å²) < 4.78 is 1.97. The Bertz CT molecular complexity index is 700. The van der Waals surface area contributed by atoms with Crippen LogP contribution in [0, 0.1) is 0 Å². The monoisotopic (exact) mass is 211 g/mol.